The van der Waals surface area contributed by atoms with Gasteiger partial charge in [0.1, 0.15) is 0 Å². The summed E-state index contributed by atoms with van der Waals surface area (Å²) in [5.41, 5.74) is 3.22. The molecule has 0 radical (unpaired) electrons. The molecule has 6 heteroatoms. The molecule has 0 aromatic heterocycles. The summed E-state index contributed by atoms with van der Waals surface area (Å²) in [6, 6.07) is 5.81. The minimum absolute atomic E-state index is 0.0465. The summed E-state index contributed by atoms with van der Waals surface area (Å²) in [5, 5.41) is 9.23. The zero-order chi connectivity index (χ0) is 14.9. The smallest absolute Gasteiger partial charge is 0.301 e. The number of rotatable bonds is 4. The average molecular weight is 310 g/mol. The Hall–Kier alpha value is -1.11. The van der Waals surface area contributed by atoms with E-state index in [-0.39, 0.29) is 12.5 Å². The molecule has 0 spiro atoms. The summed E-state index contributed by atoms with van der Waals surface area (Å²) in [5.74, 6) is 0.0512. The van der Waals surface area contributed by atoms with Crippen molar-refractivity contribution >= 4 is 15.9 Å². The molecule has 3 rings (SSSR count). The second-order valence-corrected chi connectivity index (χ2v) is 7.66. The van der Waals surface area contributed by atoms with Crippen LogP contribution in [0, 0.1) is 5.92 Å². The van der Waals surface area contributed by atoms with Crippen LogP contribution in [0.15, 0.2) is 18.2 Å². The van der Waals surface area contributed by atoms with E-state index in [2.05, 4.69) is 4.72 Å². The molecule has 1 unspecified atom stereocenters. The van der Waals surface area contributed by atoms with Crippen molar-refractivity contribution in [2.24, 2.45) is 5.92 Å². The lowest BCUT2D eigenvalue weighted by atomic mass is 10.0. The van der Waals surface area contributed by atoms with E-state index in [0.29, 0.717) is 18.8 Å². The van der Waals surface area contributed by atoms with Gasteiger partial charge in [-0.3, -0.25) is 4.72 Å². The van der Waals surface area contributed by atoms with Crippen LogP contribution in [0.3, 0.4) is 0 Å². The first kappa shape index (κ1) is 14.8. The molecule has 1 aromatic carbocycles. The topological polar surface area (TPSA) is 69.6 Å². The molecule has 1 atom stereocenters. The van der Waals surface area contributed by atoms with Crippen molar-refractivity contribution in [3.63, 3.8) is 0 Å². The highest BCUT2D eigenvalue weighted by atomic mass is 32.2. The van der Waals surface area contributed by atoms with Crippen LogP contribution in [0.25, 0.3) is 0 Å². The summed E-state index contributed by atoms with van der Waals surface area (Å²) in [4.78, 5) is 0. The van der Waals surface area contributed by atoms with Crippen LogP contribution in [-0.4, -0.2) is 37.5 Å². The van der Waals surface area contributed by atoms with E-state index < -0.39 is 10.2 Å². The number of anilines is 1. The van der Waals surface area contributed by atoms with Gasteiger partial charge in [0.2, 0.25) is 0 Å². The number of piperidine rings is 1. The Morgan fingerprint density at radius 3 is 2.86 bits per heavy atom. The van der Waals surface area contributed by atoms with Crippen molar-refractivity contribution in [3.8, 4) is 0 Å². The van der Waals surface area contributed by atoms with Crippen molar-refractivity contribution in [2.45, 2.75) is 32.1 Å². The third kappa shape index (κ3) is 3.22. The molecule has 1 fully saturated rings. The lowest BCUT2D eigenvalue weighted by Crippen LogP contribution is -2.43. The largest absolute Gasteiger partial charge is 0.396 e. The van der Waals surface area contributed by atoms with Crippen LogP contribution in [0.4, 0.5) is 5.69 Å². The van der Waals surface area contributed by atoms with Gasteiger partial charge >= 0.3 is 10.2 Å². The van der Waals surface area contributed by atoms with Crippen LogP contribution in [-0.2, 0) is 23.1 Å². The molecule has 116 valence electrons. The lowest BCUT2D eigenvalue weighted by molar-refractivity contribution is 0.166. The van der Waals surface area contributed by atoms with E-state index in [4.69, 9.17) is 0 Å². The number of fused-ring (bicyclic) bond motifs is 1. The van der Waals surface area contributed by atoms with Crippen molar-refractivity contribution in [1.82, 2.24) is 4.31 Å². The number of aryl methyl sites for hydroxylation is 2. The maximum Gasteiger partial charge on any atom is 0.301 e. The molecular formula is C15H22N2O3S. The second kappa shape index (κ2) is 5.94. The molecule has 21 heavy (non-hydrogen) atoms. The molecule has 0 saturated carbocycles. The summed E-state index contributed by atoms with van der Waals surface area (Å²) < 4.78 is 29.0. The lowest BCUT2D eigenvalue weighted by Gasteiger charge is -2.31. The summed E-state index contributed by atoms with van der Waals surface area (Å²) in [6.45, 7) is 0.971. The summed E-state index contributed by atoms with van der Waals surface area (Å²) >= 11 is 0. The maximum absolute atomic E-state index is 12.4. The highest BCUT2D eigenvalue weighted by Crippen LogP contribution is 2.26. The number of nitrogens with one attached hydrogen (secondary N) is 1. The zero-order valence-corrected chi connectivity index (χ0v) is 12.9. The Balaban J connectivity index is 1.73. The van der Waals surface area contributed by atoms with Gasteiger partial charge in [0, 0.05) is 19.7 Å². The minimum Gasteiger partial charge on any atom is -0.396 e. The van der Waals surface area contributed by atoms with Gasteiger partial charge in [0.05, 0.1) is 5.69 Å². The monoisotopic (exact) mass is 310 g/mol. The quantitative estimate of drug-likeness (QED) is 0.886. The van der Waals surface area contributed by atoms with Crippen molar-refractivity contribution < 1.29 is 13.5 Å². The molecule has 0 bridgehead atoms. The predicted octanol–water partition coefficient (Wildman–Crippen LogP) is 1.54. The highest BCUT2D eigenvalue weighted by molar-refractivity contribution is 7.90. The SMILES string of the molecule is O=S(=O)(Nc1ccc2c(c1)CCC2)N1CCCC(CO)C1. The first-order chi connectivity index (χ1) is 10.1. The second-order valence-electron chi connectivity index (χ2n) is 5.99. The molecule has 1 aliphatic carbocycles. The average Bonchev–Trinajstić information content (AvgIpc) is 2.94. The van der Waals surface area contributed by atoms with Crippen LogP contribution in [0.5, 0.6) is 0 Å². The van der Waals surface area contributed by atoms with Gasteiger partial charge in [0.25, 0.3) is 0 Å². The van der Waals surface area contributed by atoms with Gasteiger partial charge < -0.3 is 5.11 Å². The summed E-state index contributed by atoms with van der Waals surface area (Å²) in [7, 11) is -3.52. The van der Waals surface area contributed by atoms with E-state index in [0.717, 1.165) is 32.1 Å². The van der Waals surface area contributed by atoms with E-state index in [1.165, 1.54) is 15.4 Å². The van der Waals surface area contributed by atoms with Gasteiger partial charge in [-0.05, 0) is 61.3 Å². The van der Waals surface area contributed by atoms with Crippen LogP contribution in [0.1, 0.15) is 30.4 Å². The Labute approximate surface area is 126 Å². The van der Waals surface area contributed by atoms with E-state index >= 15 is 0 Å². The fourth-order valence-corrected chi connectivity index (χ4v) is 4.57. The first-order valence-electron chi connectivity index (χ1n) is 7.59. The fourth-order valence-electron chi connectivity index (χ4n) is 3.24. The normalized spacial score (nSPS) is 23.0. The van der Waals surface area contributed by atoms with Gasteiger partial charge in [0.15, 0.2) is 0 Å². The summed E-state index contributed by atoms with van der Waals surface area (Å²) in [6.07, 6.45) is 4.96. The maximum atomic E-state index is 12.4. The number of benzene rings is 1. The number of aliphatic hydroxyl groups is 1. The van der Waals surface area contributed by atoms with Gasteiger partial charge in [-0.15, -0.1) is 0 Å². The standard InChI is InChI=1S/C15H22N2O3S/c18-11-12-3-2-8-17(10-12)21(19,20)16-15-7-6-13-4-1-5-14(13)9-15/h6-7,9,12,16,18H,1-5,8,10-11H2. The van der Waals surface area contributed by atoms with Crippen molar-refractivity contribution in [3.05, 3.63) is 29.3 Å². The Kier molecular flexibility index (Phi) is 4.19. The molecule has 1 aliphatic heterocycles. The fraction of sp³-hybridized carbons (Fsp3) is 0.600. The Morgan fingerprint density at radius 2 is 2.05 bits per heavy atom. The first-order valence-corrected chi connectivity index (χ1v) is 9.03. The molecule has 5 nitrogen and oxygen atoms in total. The van der Waals surface area contributed by atoms with Gasteiger partial charge in [-0.1, -0.05) is 6.07 Å². The van der Waals surface area contributed by atoms with Crippen LogP contribution < -0.4 is 4.72 Å². The molecule has 1 saturated heterocycles. The van der Waals surface area contributed by atoms with Crippen LogP contribution in [0.2, 0.25) is 0 Å². The number of nitrogens with zero attached hydrogens (tertiary/aromatic N) is 1. The Morgan fingerprint density at radius 1 is 1.24 bits per heavy atom. The molecule has 2 aliphatic rings. The van der Waals surface area contributed by atoms with Gasteiger partial charge in [-0.25, -0.2) is 0 Å². The van der Waals surface area contributed by atoms with E-state index in [9.17, 15) is 13.5 Å². The zero-order valence-electron chi connectivity index (χ0n) is 12.1. The molecule has 2 N–H and O–H groups in total. The predicted molar refractivity (Wildman–Crippen MR) is 82.4 cm³/mol. The van der Waals surface area contributed by atoms with E-state index in [1.807, 2.05) is 18.2 Å². The molecule has 0 amide bonds. The van der Waals surface area contributed by atoms with E-state index in [1.54, 1.807) is 0 Å². The number of hydrogen-bond acceptors (Lipinski definition) is 3. The van der Waals surface area contributed by atoms with Crippen LogP contribution >= 0.6 is 0 Å². The Bertz CT molecular complexity index is 615. The number of hydrogen-bond donors (Lipinski definition) is 2. The molecular weight excluding hydrogens is 288 g/mol. The third-order valence-electron chi connectivity index (χ3n) is 4.43. The molecule has 1 aromatic rings. The van der Waals surface area contributed by atoms with Crippen molar-refractivity contribution in [2.75, 3.05) is 24.4 Å². The minimum atomic E-state index is -3.52. The number of aliphatic hydroxyl groups excluding tert-OH is 1. The van der Waals surface area contributed by atoms with Crippen molar-refractivity contribution in [1.29, 1.82) is 0 Å². The van der Waals surface area contributed by atoms with Gasteiger partial charge in [-0.2, -0.15) is 12.7 Å². The third-order valence-corrected chi connectivity index (χ3v) is 5.93. The molecule has 1 heterocycles. The highest BCUT2D eigenvalue weighted by Gasteiger charge is 2.28.